The Morgan fingerprint density at radius 1 is 1.00 bits per heavy atom. The number of anilines is 1. The zero-order valence-electron chi connectivity index (χ0n) is 15.2. The SMILES string of the molecule is O=C(C[N+]12CCN(CC1)CC2)Nc1ccc(Cl)cc1C(=O)c1ccccc1. The number of hydrogen-bond acceptors (Lipinski definition) is 3. The number of carbonyl (C=O) groups is 2. The molecule has 0 saturated carbocycles. The van der Waals surface area contributed by atoms with Crippen molar-refractivity contribution in [1.29, 1.82) is 0 Å². The molecule has 0 aliphatic carbocycles. The van der Waals surface area contributed by atoms with Crippen LogP contribution in [0.15, 0.2) is 48.5 Å². The van der Waals surface area contributed by atoms with Gasteiger partial charge in [0, 0.05) is 35.8 Å². The molecule has 0 radical (unpaired) electrons. The number of ketones is 1. The average Bonchev–Trinajstić information content (AvgIpc) is 2.70. The van der Waals surface area contributed by atoms with Crippen molar-refractivity contribution in [1.82, 2.24) is 4.90 Å². The fraction of sp³-hybridized carbons (Fsp3) is 0.333. The van der Waals surface area contributed by atoms with Crippen LogP contribution in [0.25, 0.3) is 0 Å². The van der Waals surface area contributed by atoms with Crippen LogP contribution in [0.5, 0.6) is 0 Å². The third-order valence-corrected chi connectivity index (χ3v) is 5.92. The van der Waals surface area contributed by atoms with Crippen LogP contribution in [0, 0.1) is 0 Å². The van der Waals surface area contributed by atoms with Crippen molar-refractivity contribution in [3.05, 3.63) is 64.7 Å². The quantitative estimate of drug-likeness (QED) is 0.637. The minimum absolute atomic E-state index is 0.0465. The summed E-state index contributed by atoms with van der Waals surface area (Å²) in [6, 6.07) is 14.1. The molecule has 0 aromatic heterocycles. The first kappa shape index (κ1) is 18.2. The fourth-order valence-electron chi connectivity index (χ4n) is 4.02. The van der Waals surface area contributed by atoms with Crippen LogP contribution in [-0.2, 0) is 4.79 Å². The van der Waals surface area contributed by atoms with Crippen LogP contribution in [0.2, 0.25) is 5.02 Å². The molecule has 140 valence electrons. The molecule has 5 nitrogen and oxygen atoms in total. The average molecular weight is 385 g/mol. The number of carbonyl (C=O) groups excluding carboxylic acids is 2. The number of nitrogens with zero attached hydrogens (tertiary/aromatic N) is 2. The summed E-state index contributed by atoms with van der Waals surface area (Å²) in [6.45, 7) is 6.69. The molecule has 3 heterocycles. The molecule has 6 heteroatoms. The number of amides is 1. The number of quaternary nitrogens is 1. The van der Waals surface area contributed by atoms with Crippen LogP contribution < -0.4 is 5.32 Å². The maximum Gasteiger partial charge on any atom is 0.279 e. The Morgan fingerprint density at radius 2 is 1.67 bits per heavy atom. The Balaban J connectivity index is 1.53. The van der Waals surface area contributed by atoms with Crippen LogP contribution in [0.3, 0.4) is 0 Å². The van der Waals surface area contributed by atoms with Gasteiger partial charge in [-0.05, 0) is 18.2 Å². The number of halogens is 1. The summed E-state index contributed by atoms with van der Waals surface area (Å²) >= 11 is 6.12. The van der Waals surface area contributed by atoms with E-state index in [2.05, 4.69) is 10.2 Å². The Bertz CT molecular complexity index is 847. The topological polar surface area (TPSA) is 49.4 Å². The number of hydrogen-bond donors (Lipinski definition) is 1. The molecule has 2 aromatic carbocycles. The van der Waals surface area contributed by atoms with Crippen LogP contribution in [0.4, 0.5) is 5.69 Å². The zero-order valence-corrected chi connectivity index (χ0v) is 15.9. The van der Waals surface area contributed by atoms with E-state index in [-0.39, 0.29) is 11.7 Å². The van der Waals surface area contributed by atoms with Gasteiger partial charge >= 0.3 is 0 Å². The Morgan fingerprint density at radius 3 is 2.33 bits per heavy atom. The highest BCUT2D eigenvalue weighted by molar-refractivity contribution is 6.31. The van der Waals surface area contributed by atoms with Crippen molar-refractivity contribution in [2.45, 2.75) is 0 Å². The first-order valence-corrected chi connectivity index (χ1v) is 9.69. The number of piperazine rings is 3. The highest BCUT2D eigenvalue weighted by atomic mass is 35.5. The van der Waals surface area contributed by atoms with Crippen molar-refractivity contribution in [3.63, 3.8) is 0 Å². The summed E-state index contributed by atoms with van der Waals surface area (Å²) in [5.74, 6) is -0.193. The van der Waals surface area contributed by atoms with Gasteiger partial charge in [0.25, 0.3) is 5.91 Å². The maximum absolute atomic E-state index is 12.9. The molecule has 27 heavy (non-hydrogen) atoms. The summed E-state index contributed by atoms with van der Waals surface area (Å²) in [5.41, 5.74) is 1.52. The molecule has 3 aliphatic rings. The molecule has 0 spiro atoms. The normalized spacial score (nSPS) is 23.8. The number of nitrogens with one attached hydrogen (secondary N) is 1. The smallest absolute Gasteiger partial charge is 0.279 e. The standard InChI is InChI=1S/C21H22ClN3O2/c22-17-6-7-19(18(14-17)21(27)16-4-2-1-3-5-16)23-20(26)15-25-11-8-24(9-12-25)10-13-25/h1-7,14H,8-13,15H2/p+1. The van der Waals surface area contributed by atoms with E-state index in [1.807, 2.05) is 18.2 Å². The summed E-state index contributed by atoms with van der Waals surface area (Å²) in [4.78, 5) is 28.1. The lowest BCUT2D eigenvalue weighted by Crippen LogP contribution is -2.68. The number of benzene rings is 2. The molecule has 0 unspecified atom stereocenters. The molecule has 2 bridgehead atoms. The molecule has 0 atom stereocenters. The van der Waals surface area contributed by atoms with Crippen molar-refractivity contribution >= 4 is 29.0 Å². The Labute approximate surface area is 164 Å². The van der Waals surface area contributed by atoms with Crippen LogP contribution >= 0.6 is 11.6 Å². The van der Waals surface area contributed by atoms with Gasteiger partial charge in [0.1, 0.15) is 0 Å². The minimum Gasteiger partial charge on any atom is -0.320 e. The van der Waals surface area contributed by atoms with Crippen LogP contribution in [-0.4, -0.2) is 66.9 Å². The zero-order chi connectivity index (χ0) is 18.9. The molecule has 1 amide bonds. The lowest BCUT2D eigenvalue weighted by Gasteiger charge is -2.50. The summed E-state index contributed by atoms with van der Waals surface area (Å²) in [6.07, 6.45) is 0. The van der Waals surface area contributed by atoms with Gasteiger partial charge in [-0.15, -0.1) is 0 Å². The summed E-state index contributed by atoms with van der Waals surface area (Å²) in [5, 5.41) is 3.44. The van der Waals surface area contributed by atoms with E-state index >= 15 is 0 Å². The van der Waals surface area contributed by atoms with Gasteiger partial charge in [0.2, 0.25) is 0 Å². The first-order chi connectivity index (χ1) is 13.0. The molecule has 2 aromatic rings. The second-order valence-electron chi connectivity index (χ2n) is 7.45. The molecule has 1 N–H and O–H groups in total. The number of fused-ring (bicyclic) bond motifs is 3. The highest BCUT2D eigenvalue weighted by Gasteiger charge is 2.39. The molecule has 3 fully saturated rings. The molecule has 3 aliphatic heterocycles. The summed E-state index contributed by atoms with van der Waals surface area (Å²) in [7, 11) is 0. The lowest BCUT2D eigenvalue weighted by molar-refractivity contribution is -0.933. The van der Waals surface area contributed by atoms with E-state index in [9.17, 15) is 9.59 Å². The Kier molecular flexibility index (Phi) is 5.00. The van der Waals surface area contributed by atoms with E-state index < -0.39 is 0 Å². The van der Waals surface area contributed by atoms with Gasteiger partial charge in [-0.3, -0.25) is 14.5 Å². The van der Waals surface area contributed by atoms with E-state index in [1.165, 1.54) is 0 Å². The molecule has 5 rings (SSSR count). The van der Waals surface area contributed by atoms with Crippen LogP contribution in [0.1, 0.15) is 15.9 Å². The number of rotatable bonds is 5. The monoisotopic (exact) mass is 384 g/mol. The predicted molar refractivity (Wildman–Crippen MR) is 106 cm³/mol. The van der Waals surface area contributed by atoms with Crippen molar-refractivity contribution in [2.24, 2.45) is 0 Å². The maximum atomic E-state index is 12.9. The summed E-state index contributed by atoms with van der Waals surface area (Å²) < 4.78 is 0.845. The van der Waals surface area contributed by atoms with E-state index in [1.54, 1.807) is 30.3 Å². The van der Waals surface area contributed by atoms with E-state index in [0.717, 1.165) is 43.8 Å². The van der Waals surface area contributed by atoms with Crippen molar-refractivity contribution in [2.75, 3.05) is 51.1 Å². The molecular formula is C21H23ClN3O2+. The predicted octanol–water partition coefficient (Wildman–Crippen LogP) is 2.66. The fourth-order valence-corrected chi connectivity index (χ4v) is 4.19. The second-order valence-corrected chi connectivity index (χ2v) is 7.88. The second kappa shape index (κ2) is 7.43. The van der Waals surface area contributed by atoms with Gasteiger partial charge in [0.15, 0.2) is 12.3 Å². The van der Waals surface area contributed by atoms with Gasteiger partial charge in [0.05, 0.1) is 25.3 Å². The minimum atomic E-state index is -0.146. The van der Waals surface area contributed by atoms with E-state index in [0.29, 0.717) is 28.4 Å². The first-order valence-electron chi connectivity index (χ1n) is 9.31. The third kappa shape index (κ3) is 3.90. The Hall–Kier alpha value is -2.21. The van der Waals surface area contributed by atoms with Gasteiger partial charge in [-0.25, -0.2) is 0 Å². The van der Waals surface area contributed by atoms with E-state index in [4.69, 9.17) is 11.6 Å². The van der Waals surface area contributed by atoms with Crippen molar-refractivity contribution < 1.29 is 14.1 Å². The largest absolute Gasteiger partial charge is 0.320 e. The van der Waals surface area contributed by atoms with Crippen molar-refractivity contribution in [3.8, 4) is 0 Å². The van der Waals surface area contributed by atoms with Gasteiger partial charge in [-0.2, -0.15) is 0 Å². The molecular weight excluding hydrogens is 362 g/mol. The van der Waals surface area contributed by atoms with Gasteiger partial charge < -0.3 is 9.80 Å². The molecule has 3 saturated heterocycles. The van der Waals surface area contributed by atoms with Gasteiger partial charge in [-0.1, -0.05) is 41.9 Å². The third-order valence-electron chi connectivity index (χ3n) is 5.69. The highest BCUT2D eigenvalue weighted by Crippen LogP contribution is 2.25. The lowest BCUT2D eigenvalue weighted by atomic mass is 10.0.